The van der Waals surface area contributed by atoms with Crippen LogP contribution < -0.4 is 10.6 Å². The number of likely N-dealkylation sites (tertiary alicyclic amines) is 1. The summed E-state index contributed by atoms with van der Waals surface area (Å²) in [6.07, 6.45) is 4.27. The maximum atomic E-state index is 5.73. The molecule has 0 amide bonds. The van der Waals surface area contributed by atoms with Crippen molar-refractivity contribution < 1.29 is 4.42 Å². The zero-order valence-electron chi connectivity index (χ0n) is 19.0. The van der Waals surface area contributed by atoms with Crippen LogP contribution in [0, 0.1) is 19.8 Å². The summed E-state index contributed by atoms with van der Waals surface area (Å²) in [5.74, 6) is 4.03. The molecule has 0 radical (unpaired) electrons. The number of hydrogen-bond acceptors (Lipinski definition) is 6. The molecule has 4 rings (SSSR count). The molecular formula is C22H33IN8O. The van der Waals surface area contributed by atoms with Crippen LogP contribution in [-0.2, 0) is 13.1 Å². The van der Waals surface area contributed by atoms with Gasteiger partial charge in [-0.05, 0) is 64.8 Å². The van der Waals surface area contributed by atoms with Gasteiger partial charge in [0.15, 0.2) is 17.4 Å². The number of guanidine groups is 1. The molecule has 3 aromatic heterocycles. The summed E-state index contributed by atoms with van der Waals surface area (Å²) < 4.78 is 7.71. The van der Waals surface area contributed by atoms with Crippen LogP contribution in [0.5, 0.6) is 0 Å². The van der Waals surface area contributed by atoms with E-state index in [9.17, 15) is 0 Å². The second-order valence-electron chi connectivity index (χ2n) is 8.09. The lowest BCUT2D eigenvalue weighted by molar-refractivity contribution is 0.164. The first-order chi connectivity index (χ1) is 15.1. The number of aliphatic imine (C=N–C) groups is 1. The van der Waals surface area contributed by atoms with Crippen LogP contribution in [0.3, 0.4) is 0 Å². The van der Waals surface area contributed by atoms with Crippen LogP contribution in [0.4, 0.5) is 0 Å². The second-order valence-corrected chi connectivity index (χ2v) is 8.09. The number of oxazole rings is 1. The smallest absolute Gasteiger partial charge is 0.208 e. The van der Waals surface area contributed by atoms with Gasteiger partial charge in [-0.1, -0.05) is 6.07 Å². The highest BCUT2D eigenvalue weighted by Gasteiger charge is 2.21. The molecule has 174 valence electrons. The number of nitrogens with one attached hydrogen (secondary N) is 2. The van der Waals surface area contributed by atoms with Crippen molar-refractivity contribution in [1.82, 2.24) is 35.1 Å². The zero-order valence-corrected chi connectivity index (χ0v) is 21.4. The van der Waals surface area contributed by atoms with Crippen molar-refractivity contribution in [1.29, 1.82) is 0 Å². The third-order valence-electron chi connectivity index (χ3n) is 5.80. The lowest BCUT2D eigenvalue weighted by Crippen LogP contribution is -2.42. The molecule has 1 aliphatic rings. The Morgan fingerprint density at radius 2 is 2.00 bits per heavy atom. The minimum atomic E-state index is 0. The predicted molar refractivity (Wildman–Crippen MR) is 135 cm³/mol. The first-order valence-corrected chi connectivity index (χ1v) is 11.1. The highest BCUT2D eigenvalue weighted by Crippen LogP contribution is 2.19. The van der Waals surface area contributed by atoms with Crippen molar-refractivity contribution in [3.8, 4) is 0 Å². The van der Waals surface area contributed by atoms with Gasteiger partial charge >= 0.3 is 0 Å². The highest BCUT2D eigenvalue weighted by atomic mass is 127. The van der Waals surface area contributed by atoms with Crippen LogP contribution in [0.15, 0.2) is 33.8 Å². The van der Waals surface area contributed by atoms with E-state index in [0.29, 0.717) is 12.5 Å². The quantitative estimate of drug-likeness (QED) is 0.265. The lowest BCUT2D eigenvalue weighted by Gasteiger charge is -2.31. The Bertz CT molecular complexity index is 1000. The summed E-state index contributed by atoms with van der Waals surface area (Å²) in [7, 11) is 0. The Balaban J connectivity index is 0.00000289. The van der Waals surface area contributed by atoms with Gasteiger partial charge in [-0.3, -0.25) is 9.30 Å². The average Bonchev–Trinajstić information content (AvgIpc) is 3.33. The summed E-state index contributed by atoms with van der Waals surface area (Å²) >= 11 is 0. The molecule has 0 aliphatic carbocycles. The van der Waals surface area contributed by atoms with Crippen molar-refractivity contribution in [3.05, 3.63) is 47.6 Å². The van der Waals surface area contributed by atoms with Crippen molar-refractivity contribution >= 4 is 35.6 Å². The van der Waals surface area contributed by atoms with E-state index in [2.05, 4.69) is 37.6 Å². The standard InChI is InChI=1S/C22H32N8O.HI/c1-4-23-22(25-14-20-28-27-19-7-5-6-10-30(19)20)24-13-18-8-11-29(12-9-18)15-21-26-16(2)17(3)31-21;/h5-7,10,18H,4,8-9,11-15H2,1-3H3,(H2,23,24,25);1H. The summed E-state index contributed by atoms with van der Waals surface area (Å²) in [6.45, 7) is 11.2. The molecule has 0 saturated carbocycles. The third kappa shape index (κ3) is 6.18. The van der Waals surface area contributed by atoms with Crippen LogP contribution in [0.2, 0.25) is 0 Å². The number of aryl methyl sites for hydroxylation is 2. The van der Waals surface area contributed by atoms with Crippen LogP contribution >= 0.6 is 24.0 Å². The summed E-state index contributed by atoms with van der Waals surface area (Å²) in [6, 6.07) is 5.88. The fourth-order valence-corrected chi connectivity index (χ4v) is 3.88. The topological polar surface area (TPSA) is 95.9 Å². The summed E-state index contributed by atoms with van der Waals surface area (Å²) in [4.78, 5) is 11.6. The van der Waals surface area contributed by atoms with E-state index in [1.807, 2.05) is 42.6 Å². The van der Waals surface area contributed by atoms with Crippen LogP contribution in [0.25, 0.3) is 5.65 Å². The SMILES string of the molecule is CCNC(=NCc1nnc2ccccn12)NCC1CCN(Cc2nc(C)c(C)o2)CC1.I. The molecule has 2 N–H and O–H groups in total. The first-order valence-electron chi connectivity index (χ1n) is 11.1. The highest BCUT2D eigenvalue weighted by molar-refractivity contribution is 14.0. The number of piperidine rings is 1. The van der Waals surface area contributed by atoms with Gasteiger partial charge in [0, 0.05) is 19.3 Å². The molecular weight excluding hydrogens is 519 g/mol. The van der Waals surface area contributed by atoms with E-state index in [1.54, 1.807) is 0 Å². The molecule has 0 aromatic carbocycles. The zero-order chi connectivity index (χ0) is 21.6. The van der Waals surface area contributed by atoms with E-state index in [1.165, 1.54) is 0 Å². The molecule has 0 unspecified atom stereocenters. The van der Waals surface area contributed by atoms with E-state index < -0.39 is 0 Å². The van der Waals surface area contributed by atoms with Gasteiger partial charge in [-0.25, -0.2) is 9.98 Å². The minimum Gasteiger partial charge on any atom is -0.444 e. The predicted octanol–water partition coefficient (Wildman–Crippen LogP) is 2.92. The average molecular weight is 552 g/mol. The fraction of sp³-hybridized carbons (Fsp3) is 0.545. The molecule has 0 bridgehead atoms. The Morgan fingerprint density at radius 3 is 2.72 bits per heavy atom. The van der Waals surface area contributed by atoms with Crippen LogP contribution in [0.1, 0.15) is 42.9 Å². The van der Waals surface area contributed by atoms with Crippen LogP contribution in [-0.4, -0.2) is 56.6 Å². The number of halogens is 1. The van der Waals surface area contributed by atoms with Gasteiger partial charge in [-0.15, -0.1) is 34.2 Å². The van der Waals surface area contributed by atoms with Gasteiger partial charge < -0.3 is 15.1 Å². The molecule has 9 nitrogen and oxygen atoms in total. The Morgan fingerprint density at radius 1 is 1.19 bits per heavy atom. The number of fused-ring (bicyclic) bond motifs is 1. The largest absolute Gasteiger partial charge is 0.444 e. The molecule has 32 heavy (non-hydrogen) atoms. The number of pyridine rings is 1. The normalized spacial score (nSPS) is 15.7. The van der Waals surface area contributed by atoms with Gasteiger partial charge in [-0.2, -0.15) is 0 Å². The first kappa shape index (κ1) is 24.4. The molecule has 1 saturated heterocycles. The molecule has 1 fully saturated rings. The second kappa shape index (κ2) is 11.6. The van der Waals surface area contributed by atoms with Crippen molar-refractivity contribution in [2.45, 2.75) is 46.7 Å². The minimum absolute atomic E-state index is 0. The summed E-state index contributed by atoms with van der Waals surface area (Å²) in [5, 5.41) is 15.3. The Labute approximate surface area is 206 Å². The maximum Gasteiger partial charge on any atom is 0.208 e. The van der Waals surface area contributed by atoms with Gasteiger partial charge in [0.05, 0.1) is 12.2 Å². The third-order valence-corrected chi connectivity index (χ3v) is 5.80. The van der Waals surface area contributed by atoms with E-state index in [4.69, 9.17) is 9.41 Å². The molecule has 3 aromatic rings. The number of hydrogen-bond donors (Lipinski definition) is 2. The maximum absolute atomic E-state index is 5.73. The Kier molecular flexibility index (Phi) is 8.85. The molecule has 0 spiro atoms. The summed E-state index contributed by atoms with van der Waals surface area (Å²) in [5.41, 5.74) is 1.83. The lowest BCUT2D eigenvalue weighted by atomic mass is 9.97. The fourth-order valence-electron chi connectivity index (χ4n) is 3.88. The molecule has 10 heteroatoms. The Hall–Kier alpha value is -2.21. The number of aromatic nitrogens is 4. The van der Waals surface area contributed by atoms with E-state index >= 15 is 0 Å². The monoisotopic (exact) mass is 552 g/mol. The molecule has 4 heterocycles. The van der Waals surface area contributed by atoms with Crippen molar-refractivity contribution in [3.63, 3.8) is 0 Å². The van der Waals surface area contributed by atoms with Crippen molar-refractivity contribution in [2.75, 3.05) is 26.2 Å². The van der Waals surface area contributed by atoms with E-state index in [0.717, 1.165) is 80.3 Å². The number of nitrogens with zero attached hydrogens (tertiary/aromatic N) is 6. The van der Waals surface area contributed by atoms with Gasteiger partial charge in [0.25, 0.3) is 0 Å². The van der Waals surface area contributed by atoms with Gasteiger partial charge in [0.2, 0.25) is 5.89 Å². The van der Waals surface area contributed by atoms with Gasteiger partial charge in [0.1, 0.15) is 12.3 Å². The number of rotatable bonds is 7. The van der Waals surface area contributed by atoms with E-state index in [-0.39, 0.29) is 24.0 Å². The molecule has 1 aliphatic heterocycles. The van der Waals surface area contributed by atoms with Crippen molar-refractivity contribution in [2.24, 2.45) is 10.9 Å². The molecule has 0 atom stereocenters.